The highest BCUT2D eigenvalue weighted by Crippen LogP contribution is 2.38. The molecule has 7 heteroatoms. The predicted octanol–water partition coefficient (Wildman–Crippen LogP) is 4.16. The SMILES string of the molecule is O=C(O)c1cccc(F)c1-c1cnc(-c2ccc(F)cc2O)s1. The molecule has 1 heterocycles. The monoisotopic (exact) mass is 333 g/mol. The van der Waals surface area contributed by atoms with E-state index in [9.17, 15) is 23.8 Å². The van der Waals surface area contributed by atoms with Gasteiger partial charge in [0.15, 0.2) is 0 Å². The van der Waals surface area contributed by atoms with Gasteiger partial charge in [-0.3, -0.25) is 0 Å². The minimum atomic E-state index is -1.25. The second-order valence-electron chi connectivity index (χ2n) is 4.66. The number of aromatic hydroxyl groups is 1. The minimum Gasteiger partial charge on any atom is -0.507 e. The van der Waals surface area contributed by atoms with Gasteiger partial charge in [0.1, 0.15) is 22.4 Å². The van der Waals surface area contributed by atoms with Crippen molar-refractivity contribution in [1.29, 1.82) is 0 Å². The number of hydrogen-bond acceptors (Lipinski definition) is 4. The van der Waals surface area contributed by atoms with Gasteiger partial charge in [-0.1, -0.05) is 6.07 Å². The van der Waals surface area contributed by atoms with E-state index in [0.717, 1.165) is 23.5 Å². The van der Waals surface area contributed by atoms with Crippen LogP contribution in [0.3, 0.4) is 0 Å². The van der Waals surface area contributed by atoms with Gasteiger partial charge in [0.05, 0.1) is 16.0 Å². The second-order valence-corrected chi connectivity index (χ2v) is 5.69. The number of carboxylic acid groups (broad SMARTS) is 1. The van der Waals surface area contributed by atoms with Gasteiger partial charge in [0.25, 0.3) is 0 Å². The first-order valence-electron chi connectivity index (χ1n) is 6.44. The fraction of sp³-hybridized carbons (Fsp3) is 0. The van der Waals surface area contributed by atoms with Gasteiger partial charge in [-0.25, -0.2) is 18.6 Å². The molecule has 0 aliphatic heterocycles. The first-order chi connectivity index (χ1) is 11.0. The molecule has 0 radical (unpaired) electrons. The molecule has 0 aliphatic carbocycles. The third kappa shape index (κ3) is 2.78. The van der Waals surface area contributed by atoms with Crippen molar-refractivity contribution in [3.63, 3.8) is 0 Å². The van der Waals surface area contributed by atoms with E-state index in [-0.39, 0.29) is 22.4 Å². The number of aromatic carboxylic acids is 1. The van der Waals surface area contributed by atoms with Crippen molar-refractivity contribution in [2.45, 2.75) is 0 Å². The van der Waals surface area contributed by atoms with E-state index in [1.165, 1.54) is 30.5 Å². The highest BCUT2D eigenvalue weighted by molar-refractivity contribution is 7.18. The summed E-state index contributed by atoms with van der Waals surface area (Å²) in [5.41, 5.74) is 0.0461. The number of aromatic nitrogens is 1. The molecule has 0 spiro atoms. The summed E-state index contributed by atoms with van der Waals surface area (Å²) in [6.45, 7) is 0. The number of rotatable bonds is 3. The average Bonchev–Trinajstić information content (AvgIpc) is 2.96. The maximum Gasteiger partial charge on any atom is 0.336 e. The zero-order valence-electron chi connectivity index (χ0n) is 11.5. The number of carboxylic acids is 1. The number of carbonyl (C=O) groups is 1. The Bertz CT molecular complexity index is 908. The maximum atomic E-state index is 14.1. The Balaban J connectivity index is 2.12. The van der Waals surface area contributed by atoms with Crippen LogP contribution >= 0.6 is 11.3 Å². The number of phenolic OH excluding ortho intramolecular Hbond substituents is 1. The quantitative estimate of drug-likeness (QED) is 0.755. The number of phenols is 1. The molecule has 2 aromatic carbocycles. The summed E-state index contributed by atoms with van der Waals surface area (Å²) in [6, 6.07) is 7.25. The molecule has 4 nitrogen and oxygen atoms in total. The van der Waals surface area contributed by atoms with Crippen LogP contribution in [0.5, 0.6) is 5.75 Å². The molecule has 0 atom stereocenters. The van der Waals surface area contributed by atoms with Gasteiger partial charge in [-0.05, 0) is 24.3 Å². The van der Waals surface area contributed by atoms with E-state index in [1.54, 1.807) is 0 Å². The Morgan fingerprint density at radius 2 is 1.96 bits per heavy atom. The third-order valence-electron chi connectivity index (χ3n) is 3.19. The zero-order chi connectivity index (χ0) is 16.6. The van der Waals surface area contributed by atoms with Crippen LogP contribution in [-0.2, 0) is 0 Å². The van der Waals surface area contributed by atoms with E-state index in [0.29, 0.717) is 9.88 Å². The van der Waals surface area contributed by atoms with Gasteiger partial charge in [0, 0.05) is 17.8 Å². The zero-order valence-corrected chi connectivity index (χ0v) is 12.3. The lowest BCUT2D eigenvalue weighted by Gasteiger charge is -2.04. The van der Waals surface area contributed by atoms with Crippen LogP contribution in [0.1, 0.15) is 10.4 Å². The average molecular weight is 333 g/mol. The van der Waals surface area contributed by atoms with Crippen LogP contribution in [0.2, 0.25) is 0 Å². The summed E-state index contributed by atoms with van der Waals surface area (Å²) >= 11 is 1.01. The molecule has 2 N–H and O–H groups in total. The van der Waals surface area contributed by atoms with E-state index in [4.69, 9.17) is 0 Å². The van der Waals surface area contributed by atoms with Crippen molar-refractivity contribution in [2.24, 2.45) is 0 Å². The minimum absolute atomic E-state index is 0.0645. The van der Waals surface area contributed by atoms with Crippen LogP contribution in [0.15, 0.2) is 42.6 Å². The van der Waals surface area contributed by atoms with Crippen LogP contribution in [0.4, 0.5) is 8.78 Å². The molecule has 0 fully saturated rings. The number of thiazole rings is 1. The molecular weight excluding hydrogens is 324 g/mol. The molecule has 0 amide bonds. The largest absolute Gasteiger partial charge is 0.507 e. The number of hydrogen-bond donors (Lipinski definition) is 2. The van der Waals surface area contributed by atoms with Crippen molar-refractivity contribution in [1.82, 2.24) is 4.98 Å². The maximum absolute atomic E-state index is 14.1. The normalized spacial score (nSPS) is 10.7. The van der Waals surface area contributed by atoms with Gasteiger partial charge >= 0.3 is 5.97 Å². The predicted molar refractivity (Wildman–Crippen MR) is 81.5 cm³/mol. The van der Waals surface area contributed by atoms with Gasteiger partial charge in [-0.15, -0.1) is 11.3 Å². The topological polar surface area (TPSA) is 70.4 Å². The lowest BCUT2D eigenvalue weighted by molar-refractivity contribution is 0.0697. The van der Waals surface area contributed by atoms with Crippen LogP contribution in [-0.4, -0.2) is 21.2 Å². The summed E-state index contributed by atoms with van der Waals surface area (Å²) in [4.78, 5) is 15.6. The summed E-state index contributed by atoms with van der Waals surface area (Å²) in [7, 11) is 0. The van der Waals surface area contributed by atoms with Crippen molar-refractivity contribution in [3.8, 4) is 26.8 Å². The lowest BCUT2D eigenvalue weighted by atomic mass is 10.1. The molecule has 0 saturated carbocycles. The van der Waals surface area contributed by atoms with Crippen molar-refractivity contribution in [3.05, 3.63) is 59.8 Å². The Kier molecular flexibility index (Phi) is 3.79. The molecule has 0 saturated heterocycles. The highest BCUT2D eigenvalue weighted by Gasteiger charge is 2.19. The Labute approximate surface area is 133 Å². The highest BCUT2D eigenvalue weighted by atomic mass is 32.1. The molecule has 3 aromatic rings. The molecule has 0 bridgehead atoms. The van der Waals surface area contributed by atoms with Crippen LogP contribution < -0.4 is 0 Å². The second kappa shape index (κ2) is 5.77. The summed E-state index contributed by atoms with van der Waals surface area (Å²) < 4.78 is 27.1. The Morgan fingerprint density at radius 3 is 2.65 bits per heavy atom. The smallest absolute Gasteiger partial charge is 0.336 e. The molecule has 23 heavy (non-hydrogen) atoms. The number of benzene rings is 2. The van der Waals surface area contributed by atoms with Crippen molar-refractivity contribution in [2.75, 3.05) is 0 Å². The van der Waals surface area contributed by atoms with Crippen molar-refractivity contribution < 1.29 is 23.8 Å². The fourth-order valence-corrected chi connectivity index (χ4v) is 3.16. The fourth-order valence-electron chi connectivity index (χ4n) is 2.15. The van der Waals surface area contributed by atoms with E-state index in [1.807, 2.05) is 0 Å². The molecule has 3 rings (SSSR count). The third-order valence-corrected chi connectivity index (χ3v) is 4.23. The van der Waals surface area contributed by atoms with Crippen LogP contribution in [0, 0.1) is 11.6 Å². The molecule has 0 aliphatic rings. The first kappa shape index (κ1) is 15.1. The first-order valence-corrected chi connectivity index (χ1v) is 7.26. The number of halogens is 2. The molecule has 1 aromatic heterocycles. The van der Waals surface area contributed by atoms with E-state index >= 15 is 0 Å². The van der Waals surface area contributed by atoms with Gasteiger partial charge in [0.2, 0.25) is 0 Å². The summed E-state index contributed by atoms with van der Waals surface area (Å²) in [6.07, 6.45) is 1.33. The lowest BCUT2D eigenvalue weighted by Crippen LogP contribution is -2.00. The van der Waals surface area contributed by atoms with Crippen molar-refractivity contribution >= 4 is 17.3 Å². The van der Waals surface area contributed by atoms with Gasteiger partial charge < -0.3 is 10.2 Å². The Morgan fingerprint density at radius 1 is 1.17 bits per heavy atom. The Hall–Kier alpha value is -2.80. The standard InChI is InChI=1S/C16H9F2NO3S/c17-8-4-5-9(12(20)6-8)15-19-7-13(23-15)14-10(16(21)22)2-1-3-11(14)18/h1-7,20H,(H,21,22). The number of nitrogens with zero attached hydrogens (tertiary/aromatic N) is 1. The summed E-state index contributed by atoms with van der Waals surface area (Å²) in [5, 5.41) is 19.3. The van der Waals surface area contributed by atoms with E-state index < -0.39 is 17.6 Å². The summed E-state index contributed by atoms with van der Waals surface area (Å²) in [5.74, 6) is -2.81. The molecule has 116 valence electrons. The van der Waals surface area contributed by atoms with E-state index in [2.05, 4.69) is 4.98 Å². The molecule has 0 unspecified atom stereocenters. The van der Waals surface area contributed by atoms with Gasteiger partial charge in [-0.2, -0.15) is 0 Å². The van der Waals surface area contributed by atoms with Crippen LogP contribution in [0.25, 0.3) is 21.0 Å². The molecular formula is C16H9F2NO3S.